The number of azide groups is 1. The number of aliphatic hydroxyl groups is 2. The van der Waals surface area contributed by atoms with Gasteiger partial charge in [-0.15, -0.1) is 0 Å². The highest BCUT2D eigenvalue weighted by Gasteiger charge is 2.56. The predicted octanol–water partition coefficient (Wildman–Crippen LogP) is 1.41. The first-order valence-corrected chi connectivity index (χ1v) is 13.1. The Hall–Kier alpha value is -3.82. The van der Waals surface area contributed by atoms with E-state index in [0.717, 1.165) is 0 Å². The molecule has 1 aromatic carbocycles. The summed E-state index contributed by atoms with van der Waals surface area (Å²) in [6.45, 7) is 2.19. The number of nitrogens with zero attached hydrogens (tertiary/aromatic N) is 7. The molecule has 17 nitrogen and oxygen atoms in total. The largest absolute Gasteiger partial charge is 0.465 e. The zero-order valence-corrected chi connectivity index (χ0v) is 21.7. The Labute approximate surface area is 221 Å². The second-order valence-electron chi connectivity index (χ2n) is 8.34. The fourth-order valence-corrected chi connectivity index (χ4v) is 5.31. The molecule has 0 radical (unpaired) electrons. The van der Waals surface area contributed by atoms with E-state index in [1.807, 2.05) is 0 Å². The molecule has 1 saturated heterocycles. The molecule has 1 fully saturated rings. The van der Waals surface area contributed by atoms with Gasteiger partial charge in [-0.05, 0) is 31.5 Å². The number of benzene rings is 1. The van der Waals surface area contributed by atoms with Crippen molar-refractivity contribution in [3.8, 4) is 5.75 Å². The number of nitrogen functional groups attached to an aromatic ring is 1. The monoisotopic (exact) mass is 563 g/mol. The molecule has 1 aliphatic rings. The number of ether oxygens (including phenoxy) is 2. The molecule has 3 heterocycles. The molecule has 1 aliphatic heterocycles. The molecule has 4 rings (SSSR count). The van der Waals surface area contributed by atoms with Crippen molar-refractivity contribution >= 4 is 30.7 Å². The van der Waals surface area contributed by atoms with Crippen molar-refractivity contribution in [2.75, 3.05) is 18.9 Å². The third kappa shape index (κ3) is 5.79. The highest BCUT2D eigenvalue weighted by molar-refractivity contribution is 7.52. The first-order chi connectivity index (χ1) is 18.6. The first-order valence-electron chi connectivity index (χ1n) is 11.6. The van der Waals surface area contributed by atoms with Crippen molar-refractivity contribution in [3.63, 3.8) is 0 Å². The van der Waals surface area contributed by atoms with Crippen molar-refractivity contribution in [1.82, 2.24) is 24.6 Å². The summed E-state index contributed by atoms with van der Waals surface area (Å²) in [7, 11) is -4.43. The van der Waals surface area contributed by atoms with E-state index in [2.05, 4.69) is 30.1 Å². The number of fused-ring (bicyclic) bond motifs is 1. The molecular weight excluding hydrogens is 537 g/mol. The van der Waals surface area contributed by atoms with E-state index in [9.17, 15) is 25.1 Å². The van der Waals surface area contributed by atoms with Gasteiger partial charge in [0.1, 0.15) is 35.8 Å². The maximum absolute atomic E-state index is 13.8. The number of carbonyl (C=O) groups is 1. The van der Waals surface area contributed by atoms with Crippen LogP contribution in [0, 0.1) is 0 Å². The van der Waals surface area contributed by atoms with Crippen LogP contribution in [-0.2, 0) is 23.4 Å². The van der Waals surface area contributed by atoms with Crippen LogP contribution in [0.3, 0.4) is 0 Å². The van der Waals surface area contributed by atoms with Gasteiger partial charge < -0.3 is 29.9 Å². The van der Waals surface area contributed by atoms with E-state index < -0.39 is 50.5 Å². The quantitative estimate of drug-likeness (QED) is 0.0849. The van der Waals surface area contributed by atoms with E-state index in [1.54, 1.807) is 25.1 Å². The van der Waals surface area contributed by atoms with Gasteiger partial charge in [-0.2, -0.15) is 5.09 Å². The molecular formula is C21H26N9O8P. The summed E-state index contributed by atoms with van der Waals surface area (Å²) in [5, 5.41) is 27.8. The SMILES string of the molecule is CCOC(=O)[C@H](C)NP(=O)(OCC1(N=[N+]=[N-])O[C@@H](n2cnc3c(N)ncnc32)[C@H](O)[C@@H]1O)Oc1ccccc1. The predicted molar refractivity (Wildman–Crippen MR) is 134 cm³/mol. The second-order valence-corrected chi connectivity index (χ2v) is 10.0. The maximum Gasteiger partial charge on any atom is 0.459 e. The number of nitrogens with two attached hydrogens (primary N) is 1. The molecule has 3 aromatic rings. The van der Waals surface area contributed by atoms with Crippen LogP contribution in [0.1, 0.15) is 20.1 Å². The van der Waals surface area contributed by atoms with Gasteiger partial charge in [0.15, 0.2) is 17.7 Å². The second kappa shape index (κ2) is 11.5. The average molecular weight is 563 g/mol. The van der Waals surface area contributed by atoms with Crippen LogP contribution >= 0.6 is 7.75 Å². The summed E-state index contributed by atoms with van der Waals surface area (Å²) >= 11 is 0. The van der Waals surface area contributed by atoms with Crippen molar-refractivity contribution in [2.24, 2.45) is 5.11 Å². The average Bonchev–Trinajstić information content (AvgIpc) is 3.44. The number of aliphatic hydroxyl groups excluding tert-OH is 2. The zero-order chi connectivity index (χ0) is 28.2. The van der Waals surface area contributed by atoms with Gasteiger partial charge in [-0.3, -0.25) is 13.9 Å². The summed E-state index contributed by atoms with van der Waals surface area (Å²) in [6.07, 6.45) is -2.52. The van der Waals surface area contributed by atoms with Crippen molar-refractivity contribution in [3.05, 3.63) is 53.4 Å². The Kier molecular flexibility index (Phi) is 8.32. The minimum Gasteiger partial charge on any atom is -0.465 e. The third-order valence-corrected chi connectivity index (χ3v) is 7.30. The van der Waals surface area contributed by atoms with E-state index in [0.29, 0.717) is 0 Å². The van der Waals surface area contributed by atoms with Gasteiger partial charge in [0.25, 0.3) is 0 Å². The van der Waals surface area contributed by atoms with Crippen LogP contribution in [0.5, 0.6) is 5.75 Å². The molecule has 0 amide bonds. The number of nitrogens with one attached hydrogen (secondary N) is 1. The van der Waals surface area contributed by atoms with Crippen molar-refractivity contribution in [2.45, 2.75) is 44.1 Å². The minimum absolute atomic E-state index is 0.0669. The lowest BCUT2D eigenvalue weighted by molar-refractivity contribution is -0.144. The summed E-state index contributed by atoms with van der Waals surface area (Å²) in [5.41, 5.74) is 13.2. The minimum atomic E-state index is -4.43. The number of para-hydroxylation sites is 1. The lowest BCUT2D eigenvalue weighted by atomic mass is 10.1. The highest BCUT2D eigenvalue weighted by atomic mass is 31.2. The summed E-state index contributed by atoms with van der Waals surface area (Å²) < 4.78 is 36.9. The number of rotatable bonds is 11. The van der Waals surface area contributed by atoms with Gasteiger partial charge in [-0.25, -0.2) is 19.5 Å². The van der Waals surface area contributed by atoms with Crippen LogP contribution < -0.4 is 15.3 Å². The third-order valence-electron chi connectivity index (χ3n) is 5.68. The van der Waals surface area contributed by atoms with Gasteiger partial charge in [-0.1, -0.05) is 23.3 Å². The van der Waals surface area contributed by atoms with E-state index >= 15 is 0 Å². The molecule has 0 saturated carbocycles. The van der Waals surface area contributed by atoms with Crippen LogP contribution in [0.4, 0.5) is 5.82 Å². The van der Waals surface area contributed by atoms with E-state index in [1.165, 1.54) is 36.3 Å². The molecule has 2 aromatic heterocycles. The topological polar surface area (TPSA) is 242 Å². The van der Waals surface area contributed by atoms with E-state index in [-0.39, 0.29) is 29.3 Å². The molecule has 0 aliphatic carbocycles. The van der Waals surface area contributed by atoms with Gasteiger partial charge in [0, 0.05) is 4.91 Å². The maximum atomic E-state index is 13.8. The van der Waals surface area contributed by atoms with Crippen molar-refractivity contribution in [1.29, 1.82) is 0 Å². The van der Waals surface area contributed by atoms with Gasteiger partial charge in [0.05, 0.1) is 19.5 Å². The number of carbonyl (C=O) groups excluding carboxylic acids is 1. The number of hydrogen-bond donors (Lipinski definition) is 4. The Morgan fingerprint density at radius 1 is 1.36 bits per heavy atom. The van der Waals surface area contributed by atoms with Crippen LogP contribution in [0.15, 0.2) is 48.1 Å². The molecule has 2 unspecified atom stereocenters. The van der Waals surface area contributed by atoms with Crippen LogP contribution in [-0.4, -0.2) is 72.9 Å². The number of aromatic nitrogens is 4. The van der Waals surface area contributed by atoms with E-state index in [4.69, 9.17) is 24.3 Å². The lowest BCUT2D eigenvalue weighted by Crippen LogP contribution is -2.45. The number of hydrogen-bond acceptors (Lipinski definition) is 13. The zero-order valence-electron chi connectivity index (χ0n) is 20.8. The molecule has 0 bridgehead atoms. The summed E-state index contributed by atoms with van der Waals surface area (Å²) in [4.78, 5) is 26.9. The highest BCUT2D eigenvalue weighted by Crippen LogP contribution is 2.48. The molecule has 6 atom stereocenters. The molecule has 5 N–H and O–H groups in total. The smallest absolute Gasteiger partial charge is 0.459 e. The number of esters is 1. The first kappa shape index (κ1) is 28.2. The summed E-state index contributed by atoms with van der Waals surface area (Å²) in [5.74, 6) is -0.545. The Morgan fingerprint density at radius 3 is 2.79 bits per heavy atom. The standard InChI is InChI=1S/C21H26N9O8P/c1-3-35-20(33)12(2)27-39(34,38-13-7-5-4-6-8-13)36-9-21(28-29-23)16(32)15(31)19(37-21)30-11-26-14-17(22)24-10-25-18(14)30/h4-8,10-12,15-16,19,31-32H,3,9H2,1-2H3,(H,27,34)(H2,22,24,25)/t12-,15+,16-,19+,21?,39?/m0/s1. The van der Waals surface area contributed by atoms with Crippen LogP contribution in [0.25, 0.3) is 21.6 Å². The summed E-state index contributed by atoms with van der Waals surface area (Å²) in [6, 6.07) is 6.78. The Balaban J connectivity index is 1.63. The Bertz CT molecular complexity index is 1420. The number of imidazole rings is 1. The molecule has 18 heteroatoms. The molecule has 208 valence electrons. The Morgan fingerprint density at radius 2 is 2.10 bits per heavy atom. The lowest BCUT2D eigenvalue weighted by Gasteiger charge is -2.29. The fourth-order valence-electron chi connectivity index (χ4n) is 3.80. The fraction of sp³-hybridized carbons (Fsp3) is 0.429. The van der Waals surface area contributed by atoms with Gasteiger partial charge >= 0.3 is 13.7 Å². The normalized spacial score (nSPS) is 25.0. The van der Waals surface area contributed by atoms with Gasteiger partial charge in [0.2, 0.25) is 5.72 Å². The van der Waals surface area contributed by atoms with Crippen LogP contribution in [0.2, 0.25) is 0 Å². The molecule has 39 heavy (non-hydrogen) atoms. The number of anilines is 1. The molecule has 0 spiro atoms. The van der Waals surface area contributed by atoms with Crippen molar-refractivity contribution < 1.29 is 38.1 Å².